The van der Waals surface area contributed by atoms with Crippen LogP contribution in [0.15, 0.2) is 12.1 Å². The van der Waals surface area contributed by atoms with E-state index in [9.17, 15) is 18.4 Å². The van der Waals surface area contributed by atoms with E-state index in [1.165, 1.54) is 7.11 Å². The van der Waals surface area contributed by atoms with Crippen molar-refractivity contribution in [3.05, 3.63) is 34.4 Å². The molecule has 0 bridgehead atoms. The van der Waals surface area contributed by atoms with Crippen LogP contribution in [0.2, 0.25) is 5.02 Å². The summed E-state index contributed by atoms with van der Waals surface area (Å²) in [5, 5.41) is -0.216. The SMILES string of the molecule is CCN(CC(=O)OC)C(=O)c1cc(F)c(F)cc1Cl. The predicted octanol–water partition coefficient (Wildman–Crippen LogP) is 2.25. The number of ether oxygens (including phenoxy) is 1. The molecule has 0 aliphatic rings. The van der Waals surface area contributed by atoms with Gasteiger partial charge in [0.25, 0.3) is 5.91 Å². The van der Waals surface area contributed by atoms with Gasteiger partial charge in [0.05, 0.1) is 17.7 Å². The molecule has 0 radical (unpaired) electrons. The summed E-state index contributed by atoms with van der Waals surface area (Å²) < 4.78 is 30.5. The van der Waals surface area contributed by atoms with Gasteiger partial charge >= 0.3 is 5.97 Å². The molecule has 1 aromatic carbocycles. The first-order chi connectivity index (χ1) is 8.90. The molecule has 0 saturated heterocycles. The Balaban J connectivity index is 3.04. The van der Waals surface area contributed by atoms with E-state index in [2.05, 4.69) is 4.74 Å². The third kappa shape index (κ3) is 3.64. The lowest BCUT2D eigenvalue weighted by Gasteiger charge is -2.20. The monoisotopic (exact) mass is 291 g/mol. The van der Waals surface area contributed by atoms with Gasteiger partial charge in [-0.25, -0.2) is 8.78 Å². The smallest absolute Gasteiger partial charge is 0.325 e. The normalized spacial score (nSPS) is 10.2. The molecule has 0 aliphatic carbocycles. The summed E-state index contributed by atoms with van der Waals surface area (Å²) in [6, 6.07) is 1.43. The summed E-state index contributed by atoms with van der Waals surface area (Å²) in [6.45, 7) is 1.54. The molecular weight excluding hydrogens is 280 g/mol. The van der Waals surface area contributed by atoms with E-state index >= 15 is 0 Å². The average Bonchev–Trinajstić information content (AvgIpc) is 2.39. The van der Waals surface area contributed by atoms with Crippen LogP contribution in [0.25, 0.3) is 0 Å². The second kappa shape index (κ2) is 6.47. The molecule has 0 fully saturated rings. The molecule has 0 unspecified atom stereocenters. The fourth-order valence-corrected chi connectivity index (χ4v) is 1.64. The van der Waals surface area contributed by atoms with E-state index in [1.807, 2.05) is 0 Å². The zero-order chi connectivity index (χ0) is 14.6. The standard InChI is InChI=1S/C12H12ClF2NO3/c1-3-16(6-11(17)19-2)12(18)7-4-9(14)10(15)5-8(7)13/h4-5H,3,6H2,1-2H3. The summed E-state index contributed by atoms with van der Waals surface area (Å²) >= 11 is 5.70. The first-order valence-electron chi connectivity index (χ1n) is 5.41. The largest absolute Gasteiger partial charge is 0.468 e. The molecule has 0 aromatic heterocycles. The van der Waals surface area contributed by atoms with Crippen LogP contribution < -0.4 is 0 Å². The van der Waals surface area contributed by atoms with E-state index in [-0.39, 0.29) is 23.7 Å². The highest BCUT2D eigenvalue weighted by Gasteiger charge is 2.21. The lowest BCUT2D eigenvalue weighted by atomic mass is 10.2. The van der Waals surface area contributed by atoms with E-state index in [1.54, 1.807) is 6.92 Å². The van der Waals surface area contributed by atoms with Gasteiger partial charge in [-0.3, -0.25) is 9.59 Å². The summed E-state index contributed by atoms with van der Waals surface area (Å²) in [6.07, 6.45) is 0. The summed E-state index contributed by atoms with van der Waals surface area (Å²) in [4.78, 5) is 24.3. The van der Waals surface area contributed by atoms with Gasteiger partial charge in [-0.1, -0.05) is 11.6 Å². The Morgan fingerprint density at radius 2 is 1.89 bits per heavy atom. The summed E-state index contributed by atoms with van der Waals surface area (Å²) in [5.74, 6) is -3.61. The van der Waals surface area contributed by atoms with Gasteiger partial charge in [0.1, 0.15) is 6.54 Å². The Hall–Kier alpha value is -1.69. The molecule has 19 heavy (non-hydrogen) atoms. The predicted molar refractivity (Wildman–Crippen MR) is 65.0 cm³/mol. The number of methoxy groups -OCH3 is 1. The van der Waals surface area contributed by atoms with Crippen LogP contribution >= 0.6 is 11.6 Å². The molecule has 0 saturated carbocycles. The van der Waals surface area contributed by atoms with E-state index < -0.39 is 23.5 Å². The maximum atomic E-state index is 13.1. The second-order valence-corrected chi connectivity index (χ2v) is 4.05. The lowest BCUT2D eigenvalue weighted by Crippen LogP contribution is -2.36. The molecule has 0 atom stereocenters. The van der Waals surface area contributed by atoms with Gasteiger partial charge in [-0.15, -0.1) is 0 Å². The zero-order valence-electron chi connectivity index (χ0n) is 10.4. The zero-order valence-corrected chi connectivity index (χ0v) is 11.1. The third-order valence-corrected chi connectivity index (χ3v) is 2.77. The van der Waals surface area contributed by atoms with Gasteiger partial charge in [0.2, 0.25) is 0 Å². The maximum absolute atomic E-state index is 13.1. The number of hydrogen-bond donors (Lipinski definition) is 0. The average molecular weight is 292 g/mol. The Bertz CT molecular complexity index is 508. The van der Waals surface area contributed by atoms with Gasteiger partial charge < -0.3 is 9.64 Å². The van der Waals surface area contributed by atoms with Crippen LogP contribution in [-0.2, 0) is 9.53 Å². The number of hydrogen-bond acceptors (Lipinski definition) is 3. The fourth-order valence-electron chi connectivity index (χ4n) is 1.40. The molecule has 1 amide bonds. The van der Waals surface area contributed by atoms with Crippen molar-refractivity contribution in [1.82, 2.24) is 4.90 Å². The lowest BCUT2D eigenvalue weighted by molar-refractivity contribution is -0.141. The van der Waals surface area contributed by atoms with Crippen molar-refractivity contribution in [1.29, 1.82) is 0 Å². The quantitative estimate of drug-likeness (QED) is 0.631. The molecule has 104 valence electrons. The molecule has 7 heteroatoms. The Morgan fingerprint density at radius 3 is 2.42 bits per heavy atom. The number of rotatable bonds is 4. The van der Waals surface area contributed by atoms with Gasteiger partial charge in [0.15, 0.2) is 11.6 Å². The van der Waals surface area contributed by atoms with Crippen LogP contribution in [-0.4, -0.2) is 37.0 Å². The van der Waals surface area contributed by atoms with E-state index in [0.717, 1.165) is 11.0 Å². The number of likely N-dealkylation sites (N-methyl/N-ethyl adjacent to an activating group) is 1. The Labute approximate surface area is 113 Å². The minimum atomic E-state index is -1.18. The highest BCUT2D eigenvalue weighted by atomic mass is 35.5. The van der Waals surface area contributed by atoms with Gasteiger partial charge in [0, 0.05) is 6.54 Å². The number of carbonyl (C=O) groups excluding carboxylic acids is 2. The summed E-state index contributed by atoms with van der Waals surface area (Å²) in [5.41, 5.74) is -0.202. The topological polar surface area (TPSA) is 46.6 Å². The fraction of sp³-hybridized carbons (Fsp3) is 0.333. The van der Waals surface area contributed by atoms with Crippen LogP contribution in [0.1, 0.15) is 17.3 Å². The molecule has 0 heterocycles. The van der Waals surface area contributed by atoms with Gasteiger partial charge in [-0.2, -0.15) is 0 Å². The van der Waals surface area contributed by atoms with E-state index in [0.29, 0.717) is 6.07 Å². The first kappa shape index (κ1) is 15.4. The van der Waals surface area contributed by atoms with Gasteiger partial charge in [-0.05, 0) is 19.1 Å². The van der Waals surface area contributed by atoms with E-state index in [4.69, 9.17) is 11.6 Å². The molecule has 0 N–H and O–H groups in total. The van der Waals surface area contributed by atoms with Crippen molar-refractivity contribution in [2.24, 2.45) is 0 Å². The Kier molecular flexibility index (Phi) is 5.23. The number of halogens is 3. The number of esters is 1. The Morgan fingerprint density at radius 1 is 1.32 bits per heavy atom. The van der Waals surface area contributed by atoms with Crippen molar-refractivity contribution in [3.63, 3.8) is 0 Å². The molecule has 1 rings (SSSR count). The number of amides is 1. The summed E-state index contributed by atoms with van der Waals surface area (Å²) in [7, 11) is 1.19. The molecule has 4 nitrogen and oxygen atoms in total. The number of benzene rings is 1. The van der Waals surface area contributed by atoms with Crippen LogP contribution in [0.4, 0.5) is 8.78 Å². The van der Waals surface area contributed by atoms with Crippen LogP contribution in [0.3, 0.4) is 0 Å². The van der Waals surface area contributed by atoms with Crippen LogP contribution in [0.5, 0.6) is 0 Å². The highest BCUT2D eigenvalue weighted by Crippen LogP contribution is 2.21. The highest BCUT2D eigenvalue weighted by molar-refractivity contribution is 6.33. The second-order valence-electron chi connectivity index (χ2n) is 3.64. The minimum Gasteiger partial charge on any atom is -0.468 e. The third-order valence-electron chi connectivity index (χ3n) is 2.46. The molecular formula is C12H12ClF2NO3. The molecule has 0 spiro atoms. The van der Waals surface area contributed by atoms with Crippen LogP contribution in [0, 0.1) is 11.6 Å². The molecule has 1 aromatic rings. The van der Waals surface area contributed by atoms with Crippen molar-refractivity contribution in [3.8, 4) is 0 Å². The van der Waals surface area contributed by atoms with Crippen molar-refractivity contribution in [2.45, 2.75) is 6.92 Å². The number of nitrogens with zero attached hydrogens (tertiary/aromatic N) is 1. The number of carbonyl (C=O) groups is 2. The first-order valence-corrected chi connectivity index (χ1v) is 5.79. The molecule has 0 aliphatic heterocycles. The minimum absolute atomic E-state index is 0.198. The van der Waals surface area contributed by atoms with Crippen molar-refractivity contribution in [2.75, 3.05) is 20.2 Å². The maximum Gasteiger partial charge on any atom is 0.325 e. The van der Waals surface area contributed by atoms with Crippen molar-refractivity contribution < 1.29 is 23.1 Å². The van der Waals surface area contributed by atoms with Crippen molar-refractivity contribution >= 4 is 23.5 Å².